The van der Waals surface area contributed by atoms with Crippen LogP contribution in [0.5, 0.6) is 0 Å². The molecular weight excluding hydrogens is 262 g/mol. The first-order valence-corrected chi connectivity index (χ1v) is 7.86. The van der Waals surface area contributed by atoms with E-state index in [1.165, 1.54) is 24.8 Å². The van der Waals surface area contributed by atoms with Gasteiger partial charge in [-0.1, -0.05) is 43.9 Å². The van der Waals surface area contributed by atoms with Gasteiger partial charge in [-0.05, 0) is 48.9 Å². The highest BCUT2D eigenvalue weighted by molar-refractivity contribution is 5.34. The van der Waals surface area contributed by atoms with Gasteiger partial charge >= 0.3 is 0 Å². The lowest BCUT2D eigenvalue weighted by Crippen LogP contribution is -2.46. The zero-order valence-electron chi connectivity index (χ0n) is 12.8. The lowest BCUT2D eigenvalue weighted by atomic mass is 9.81. The Hall–Kier alpha value is -1.75. The summed E-state index contributed by atoms with van der Waals surface area (Å²) in [4.78, 5) is 0. The van der Waals surface area contributed by atoms with Crippen LogP contribution in [0.4, 0.5) is 0 Å². The molecule has 112 valence electrons. The highest BCUT2D eigenvalue weighted by atomic mass is 15.6. The van der Waals surface area contributed by atoms with Crippen LogP contribution >= 0.6 is 0 Å². The molecule has 0 aliphatic heterocycles. The number of benzene rings is 1. The highest BCUT2D eigenvalue weighted by Gasteiger charge is 2.38. The summed E-state index contributed by atoms with van der Waals surface area (Å²) in [6, 6.07) is 8.36. The molecular formula is C16H23N5. The fourth-order valence-corrected chi connectivity index (χ4v) is 3.32. The van der Waals surface area contributed by atoms with E-state index < -0.39 is 0 Å². The van der Waals surface area contributed by atoms with E-state index in [0.29, 0.717) is 0 Å². The van der Waals surface area contributed by atoms with Gasteiger partial charge in [0.05, 0.1) is 11.2 Å². The molecule has 1 heterocycles. The highest BCUT2D eigenvalue weighted by Crippen LogP contribution is 2.36. The van der Waals surface area contributed by atoms with Crippen LogP contribution in [0.15, 0.2) is 24.3 Å². The molecule has 0 saturated heterocycles. The fraction of sp³-hybridized carbons (Fsp3) is 0.562. The monoisotopic (exact) mass is 285 g/mol. The van der Waals surface area contributed by atoms with Crippen molar-refractivity contribution in [2.24, 2.45) is 0 Å². The first-order valence-electron chi connectivity index (χ1n) is 7.86. The van der Waals surface area contributed by atoms with E-state index in [-0.39, 0.29) is 5.54 Å². The van der Waals surface area contributed by atoms with Gasteiger partial charge in [0.1, 0.15) is 0 Å². The van der Waals surface area contributed by atoms with Crippen molar-refractivity contribution in [2.75, 3.05) is 6.54 Å². The third kappa shape index (κ3) is 2.70. The van der Waals surface area contributed by atoms with E-state index in [2.05, 4.69) is 59.0 Å². The number of hydrogen-bond donors (Lipinski definition) is 1. The summed E-state index contributed by atoms with van der Waals surface area (Å²) < 4.78 is 1.90. The molecule has 1 aliphatic carbocycles. The maximum atomic E-state index is 4.37. The third-order valence-electron chi connectivity index (χ3n) is 4.40. The average molecular weight is 285 g/mol. The Kier molecular flexibility index (Phi) is 4.01. The molecule has 1 aromatic heterocycles. The molecule has 3 rings (SSSR count). The van der Waals surface area contributed by atoms with Crippen molar-refractivity contribution in [2.45, 2.75) is 51.5 Å². The van der Waals surface area contributed by atoms with Crippen molar-refractivity contribution >= 4 is 0 Å². The summed E-state index contributed by atoms with van der Waals surface area (Å²) in [5, 5.41) is 16.2. The first kappa shape index (κ1) is 14.2. The Morgan fingerprint density at radius 3 is 2.52 bits per heavy atom. The van der Waals surface area contributed by atoms with Crippen LogP contribution < -0.4 is 5.32 Å². The van der Waals surface area contributed by atoms with Gasteiger partial charge in [-0.15, -0.1) is 5.10 Å². The first-order chi connectivity index (χ1) is 10.2. The zero-order valence-corrected chi connectivity index (χ0v) is 12.8. The molecule has 1 aliphatic rings. The standard InChI is InChI=1S/C16H23N5/c1-3-17-16(11-5-4-6-12-16)15-18-19-20-21(15)14-9-7-13(2)8-10-14/h7-10,17H,3-6,11-12H2,1-2H3. The van der Waals surface area contributed by atoms with Gasteiger partial charge in [0, 0.05) is 0 Å². The Bertz CT molecular complexity index is 575. The van der Waals surface area contributed by atoms with Gasteiger partial charge in [-0.25, -0.2) is 0 Å². The number of rotatable bonds is 4. The summed E-state index contributed by atoms with van der Waals surface area (Å²) in [7, 11) is 0. The summed E-state index contributed by atoms with van der Waals surface area (Å²) in [5.41, 5.74) is 2.19. The van der Waals surface area contributed by atoms with E-state index in [4.69, 9.17) is 0 Å². The van der Waals surface area contributed by atoms with Crippen molar-refractivity contribution < 1.29 is 0 Å². The van der Waals surface area contributed by atoms with Crippen molar-refractivity contribution in [1.82, 2.24) is 25.5 Å². The van der Waals surface area contributed by atoms with E-state index >= 15 is 0 Å². The predicted molar refractivity (Wildman–Crippen MR) is 82.3 cm³/mol. The molecule has 0 unspecified atom stereocenters. The summed E-state index contributed by atoms with van der Waals surface area (Å²) in [5.74, 6) is 0.952. The molecule has 1 saturated carbocycles. The van der Waals surface area contributed by atoms with Crippen molar-refractivity contribution in [3.8, 4) is 5.69 Å². The average Bonchev–Trinajstić information content (AvgIpc) is 2.99. The number of aromatic nitrogens is 4. The SMILES string of the molecule is CCNC1(c2nnnn2-c2ccc(C)cc2)CCCCC1. The minimum Gasteiger partial charge on any atom is -0.305 e. The predicted octanol–water partition coefficient (Wildman–Crippen LogP) is 2.74. The zero-order chi connectivity index (χ0) is 14.7. The number of aryl methyl sites for hydroxylation is 1. The summed E-state index contributed by atoms with van der Waals surface area (Å²) in [6.45, 7) is 5.17. The van der Waals surface area contributed by atoms with Crippen LogP contribution in [0.1, 0.15) is 50.4 Å². The van der Waals surface area contributed by atoms with E-state index in [0.717, 1.165) is 30.9 Å². The van der Waals surface area contributed by atoms with Gasteiger partial charge < -0.3 is 5.32 Å². The second-order valence-corrected chi connectivity index (χ2v) is 5.92. The van der Waals surface area contributed by atoms with Gasteiger partial charge in [-0.2, -0.15) is 4.68 Å². The largest absolute Gasteiger partial charge is 0.305 e. The molecule has 0 atom stereocenters. The van der Waals surface area contributed by atoms with E-state index in [1.54, 1.807) is 0 Å². The fourth-order valence-electron chi connectivity index (χ4n) is 3.32. The van der Waals surface area contributed by atoms with Gasteiger partial charge in [-0.3, -0.25) is 0 Å². The van der Waals surface area contributed by atoms with Gasteiger partial charge in [0.25, 0.3) is 0 Å². The number of nitrogens with zero attached hydrogens (tertiary/aromatic N) is 4. The van der Waals surface area contributed by atoms with Crippen molar-refractivity contribution in [3.05, 3.63) is 35.7 Å². The molecule has 0 bridgehead atoms. The van der Waals surface area contributed by atoms with Crippen molar-refractivity contribution in [1.29, 1.82) is 0 Å². The Balaban J connectivity index is 2.01. The molecule has 0 radical (unpaired) electrons. The Labute approximate surface area is 125 Å². The lowest BCUT2D eigenvalue weighted by molar-refractivity contribution is 0.220. The molecule has 1 fully saturated rings. The van der Waals surface area contributed by atoms with Crippen LogP contribution in [0.2, 0.25) is 0 Å². The second-order valence-electron chi connectivity index (χ2n) is 5.92. The lowest BCUT2D eigenvalue weighted by Gasteiger charge is -2.36. The topological polar surface area (TPSA) is 55.6 Å². The van der Waals surface area contributed by atoms with Crippen LogP contribution in [0.3, 0.4) is 0 Å². The van der Waals surface area contributed by atoms with Crippen LogP contribution in [0, 0.1) is 6.92 Å². The van der Waals surface area contributed by atoms with Gasteiger partial charge in [0.15, 0.2) is 5.82 Å². The Morgan fingerprint density at radius 1 is 1.14 bits per heavy atom. The number of hydrogen-bond acceptors (Lipinski definition) is 4. The van der Waals surface area contributed by atoms with Crippen LogP contribution in [0.25, 0.3) is 5.69 Å². The quantitative estimate of drug-likeness (QED) is 0.938. The number of tetrazole rings is 1. The second kappa shape index (κ2) is 5.93. The summed E-state index contributed by atoms with van der Waals surface area (Å²) in [6.07, 6.45) is 5.97. The number of nitrogens with one attached hydrogen (secondary N) is 1. The molecule has 1 N–H and O–H groups in total. The molecule has 5 heteroatoms. The molecule has 21 heavy (non-hydrogen) atoms. The Morgan fingerprint density at radius 2 is 1.86 bits per heavy atom. The third-order valence-corrected chi connectivity index (χ3v) is 4.40. The molecule has 0 spiro atoms. The van der Waals surface area contributed by atoms with E-state index in [9.17, 15) is 0 Å². The normalized spacial score (nSPS) is 17.8. The molecule has 5 nitrogen and oxygen atoms in total. The van der Waals surface area contributed by atoms with Gasteiger partial charge in [0.2, 0.25) is 0 Å². The van der Waals surface area contributed by atoms with Crippen molar-refractivity contribution in [3.63, 3.8) is 0 Å². The molecule has 2 aromatic rings. The maximum Gasteiger partial charge on any atom is 0.176 e. The molecule has 1 aromatic carbocycles. The maximum absolute atomic E-state index is 4.37. The minimum atomic E-state index is -0.0820. The molecule has 0 amide bonds. The van der Waals surface area contributed by atoms with Crippen LogP contribution in [-0.4, -0.2) is 26.8 Å². The van der Waals surface area contributed by atoms with Crippen LogP contribution in [-0.2, 0) is 5.54 Å². The summed E-state index contributed by atoms with van der Waals surface area (Å²) >= 11 is 0. The minimum absolute atomic E-state index is 0.0820. The van der Waals surface area contributed by atoms with E-state index in [1.807, 2.05) is 4.68 Å². The smallest absolute Gasteiger partial charge is 0.176 e.